The second-order valence-electron chi connectivity index (χ2n) is 11.0. The summed E-state index contributed by atoms with van der Waals surface area (Å²) < 4.78 is 0. The Balaban J connectivity index is 1.18. The number of nitrogens with zero attached hydrogens (tertiary/aromatic N) is 2. The Morgan fingerprint density at radius 3 is 2.34 bits per heavy atom. The number of urea groups is 1. The molecule has 2 aromatic rings. The zero-order valence-electron chi connectivity index (χ0n) is 22.1. The van der Waals surface area contributed by atoms with Gasteiger partial charge < -0.3 is 20.4 Å². The van der Waals surface area contributed by atoms with Gasteiger partial charge in [0.15, 0.2) is 0 Å². The summed E-state index contributed by atoms with van der Waals surface area (Å²) in [7, 11) is 0. The van der Waals surface area contributed by atoms with E-state index in [1.54, 1.807) is 24.3 Å². The van der Waals surface area contributed by atoms with E-state index in [2.05, 4.69) is 17.6 Å². The average Bonchev–Trinajstić information content (AvgIpc) is 3.34. The number of fused-ring (bicyclic) bond motifs is 1. The number of benzene rings is 2. The number of rotatable bonds is 5. The minimum absolute atomic E-state index is 0.0484. The molecule has 3 aliphatic rings. The summed E-state index contributed by atoms with van der Waals surface area (Å²) in [5.74, 6) is -0.137. The number of halogens is 1. The molecule has 0 aromatic heterocycles. The van der Waals surface area contributed by atoms with E-state index in [0.29, 0.717) is 22.7 Å². The predicted octanol–water partition coefficient (Wildman–Crippen LogP) is 5.20. The number of likely N-dealkylation sites (tertiary alicyclic amines) is 2. The second kappa shape index (κ2) is 11.4. The molecule has 2 saturated heterocycles. The Morgan fingerprint density at radius 1 is 0.974 bits per heavy atom. The number of amides is 4. The molecule has 2 aromatic carbocycles. The highest BCUT2D eigenvalue weighted by Gasteiger charge is 2.39. The standard InChI is InChI=1S/C30H37ClN4O3/c1-2-15-32-29(38)35-18-13-30(14-19-35)11-16-34(17-12-30)28(37)22-8-7-21-9-10-26(24(21)20-22)33-27(36)23-5-3-4-6-25(23)31/h3-8,20,26H,2,9-19H2,1H3,(H,32,38)(H,33,36). The lowest BCUT2D eigenvalue weighted by molar-refractivity contribution is 0.0370. The van der Waals surface area contributed by atoms with Crippen molar-refractivity contribution in [1.29, 1.82) is 0 Å². The summed E-state index contributed by atoms with van der Waals surface area (Å²) in [4.78, 5) is 42.5. The monoisotopic (exact) mass is 536 g/mol. The maximum atomic E-state index is 13.5. The van der Waals surface area contributed by atoms with Crippen molar-refractivity contribution in [1.82, 2.24) is 20.4 Å². The Bertz CT molecular complexity index is 1200. The van der Waals surface area contributed by atoms with Gasteiger partial charge in [-0.1, -0.05) is 36.7 Å². The number of hydrogen-bond acceptors (Lipinski definition) is 3. The number of carbonyl (C=O) groups is 3. The van der Waals surface area contributed by atoms with Gasteiger partial charge >= 0.3 is 6.03 Å². The topological polar surface area (TPSA) is 81.8 Å². The molecule has 1 unspecified atom stereocenters. The molecule has 1 aliphatic carbocycles. The fourth-order valence-corrected chi connectivity index (χ4v) is 6.38. The van der Waals surface area contributed by atoms with Crippen molar-refractivity contribution in [3.63, 3.8) is 0 Å². The third-order valence-electron chi connectivity index (χ3n) is 8.64. The molecule has 5 rings (SSSR count). The van der Waals surface area contributed by atoms with E-state index in [4.69, 9.17) is 11.6 Å². The normalized spacial score (nSPS) is 20.2. The van der Waals surface area contributed by atoms with Crippen molar-refractivity contribution in [2.45, 2.75) is 57.9 Å². The first-order chi connectivity index (χ1) is 18.4. The van der Waals surface area contributed by atoms with Crippen LogP contribution in [-0.2, 0) is 6.42 Å². The summed E-state index contributed by atoms with van der Waals surface area (Å²) >= 11 is 6.22. The Hall–Kier alpha value is -3.06. The summed E-state index contributed by atoms with van der Waals surface area (Å²) in [5, 5.41) is 6.53. The maximum Gasteiger partial charge on any atom is 0.317 e. The number of carbonyl (C=O) groups excluding carboxylic acids is 3. The minimum Gasteiger partial charge on any atom is -0.345 e. The van der Waals surface area contributed by atoms with Gasteiger partial charge in [0.05, 0.1) is 16.6 Å². The fourth-order valence-electron chi connectivity index (χ4n) is 6.16. The van der Waals surface area contributed by atoms with E-state index in [9.17, 15) is 14.4 Å². The SMILES string of the molecule is CCCNC(=O)N1CCC2(CC1)CCN(C(=O)c1ccc3c(c1)C(NC(=O)c1ccccc1Cl)CC3)CC2. The Morgan fingerprint density at radius 2 is 1.66 bits per heavy atom. The van der Waals surface area contributed by atoms with Crippen LogP contribution in [0.2, 0.25) is 5.02 Å². The van der Waals surface area contributed by atoms with Gasteiger partial charge in [-0.15, -0.1) is 0 Å². The summed E-state index contributed by atoms with van der Waals surface area (Å²) in [6, 6.07) is 12.9. The Labute approximate surface area is 229 Å². The smallest absolute Gasteiger partial charge is 0.317 e. The molecule has 0 saturated carbocycles. The molecule has 2 N–H and O–H groups in total. The van der Waals surface area contributed by atoms with Crippen LogP contribution in [0.15, 0.2) is 42.5 Å². The molecule has 1 atom stereocenters. The van der Waals surface area contributed by atoms with Crippen LogP contribution in [-0.4, -0.2) is 60.4 Å². The van der Waals surface area contributed by atoms with Crippen LogP contribution in [0.25, 0.3) is 0 Å². The zero-order valence-corrected chi connectivity index (χ0v) is 22.9. The van der Waals surface area contributed by atoms with Crippen LogP contribution in [0.3, 0.4) is 0 Å². The third-order valence-corrected chi connectivity index (χ3v) is 8.97. The van der Waals surface area contributed by atoms with E-state index in [1.807, 2.05) is 28.0 Å². The average molecular weight is 537 g/mol. The highest BCUT2D eigenvalue weighted by Crippen LogP contribution is 2.41. The van der Waals surface area contributed by atoms with Crippen molar-refractivity contribution in [3.8, 4) is 0 Å². The predicted molar refractivity (Wildman–Crippen MR) is 148 cm³/mol. The van der Waals surface area contributed by atoms with Crippen LogP contribution in [0.4, 0.5) is 4.79 Å². The molecule has 38 heavy (non-hydrogen) atoms. The number of piperidine rings is 2. The number of aryl methyl sites for hydroxylation is 1. The molecular formula is C30H37ClN4O3. The molecule has 7 nitrogen and oxygen atoms in total. The number of nitrogens with one attached hydrogen (secondary N) is 2. The van der Waals surface area contributed by atoms with Gasteiger partial charge in [-0.2, -0.15) is 0 Å². The molecule has 2 heterocycles. The van der Waals surface area contributed by atoms with Gasteiger partial charge in [0.25, 0.3) is 11.8 Å². The zero-order chi connectivity index (χ0) is 26.7. The first kappa shape index (κ1) is 26.5. The second-order valence-corrected chi connectivity index (χ2v) is 11.4. The first-order valence-corrected chi connectivity index (χ1v) is 14.3. The molecule has 2 aliphatic heterocycles. The van der Waals surface area contributed by atoms with Crippen molar-refractivity contribution < 1.29 is 14.4 Å². The Kier molecular flexibility index (Phi) is 7.93. The van der Waals surface area contributed by atoms with E-state index < -0.39 is 0 Å². The highest BCUT2D eigenvalue weighted by atomic mass is 35.5. The maximum absolute atomic E-state index is 13.5. The van der Waals surface area contributed by atoms with Crippen LogP contribution in [0.5, 0.6) is 0 Å². The van der Waals surface area contributed by atoms with Crippen molar-refractivity contribution in [3.05, 3.63) is 69.7 Å². The molecule has 2 fully saturated rings. The van der Waals surface area contributed by atoms with Gasteiger partial charge in [0.2, 0.25) is 0 Å². The van der Waals surface area contributed by atoms with Gasteiger partial charge in [-0.3, -0.25) is 9.59 Å². The molecule has 8 heteroatoms. The van der Waals surface area contributed by atoms with E-state index >= 15 is 0 Å². The summed E-state index contributed by atoms with van der Waals surface area (Å²) in [5.41, 5.74) is 3.58. The largest absolute Gasteiger partial charge is 0.345 e. The van der Waals surface area contributed by atoms with Gasteiger partial charge in [0.1, 0.15) is 0 Å². The van der Waals surface area contributed by atoms with Gasteiger partial charge in [-0.25, -0.2) is 4.79 Å². The van der Waals surface area contributed by atoms with E-state index in [-0.39, 0.29) is 29.3 Å². The molecular weight excluding hydrogens is 500 g/mol. The van der Waals surface area contributed by atoms with Crippen molar-refractivity contribution in [2.24, 2.45) is 5.41 Å². The van der Waals surface area contributed by atoms with Crippen LogP contribution < -0.4 is 10.6 Å². The minimum atomic E-state index is -0.194. The molecule has 202 valence electrons. The fraction of sp³-hybridized carbons (Fsp3) is 0.500. The van der Waals surface area contributed by atoms with Gasteiger partial charge in [-0.05, 0) is 85.8 Å². The molecule has 1 spiro atoms. The lowest BCUT2D eigenvalue weighted by Crippen LogP contribution is -2.51. The summed E-state index contributed by atoms with van der Waals surface area (Å²) in [6.45, 7) is 5.83. The quantitative estimate of drug-likeness (QED) is 0.551. The summed E-state index contributed by atoms with van der Waals surface area (Å²) in [6.07, 6.45) is 6.57. The van der Waals surface area contributed by atoms with Crippen LogP contribution >= 0.6 is 11.6 Å². The van der Waals surface area contributed by atoms with Crippen molar-refractivity contribution >= 4 is 29.4 Å². The third kappa shape index (κ3) is 5.53. The number of hydrogen-bond donors (Lipinski definition) is 2. The molecule has 0 radical (unpaired) electrons. The van der Waals surface area contributed by atoms with Crippen molar-refractivity contribution in [2.75, 3.05) is 32.7 Å². The lowest BCUT2D eigenvalue weighted by atomic mass is 9.71. The lowest BCUT2D eigenvalue weighted by Gasteiger charge is -2.46. The van der Waals surface area contributed by atoms with Crippen LogP contribution in [0.1, 0.15) is 83.3 Å². The van der Waals surface area contributed by atoms with Crippen LogP contribution in [0, 0.1) is 5.41 Å². The first-order valence-electron chi connectivity index (χ1n) is 13.9. The van der Waals surface area contributed by atoms with Gasteiger partial charge in [0, 0.05) is 38.3 Å². The molecule has 0 bridgehead atoms. The van der Waals surface area contributed by atoms with E-state index in [1.165, 1.54) is 5.56 Å². The van der Waals surface area contributed by atoms with E-state index in [0.717, 1.165) is 76.7 Å². The molecule has 4 amide bonds. The highest BCUT2D eigenvalue weighted by molar-refractivity contribution is 6.33.